The van der Waals surface area contributed by atoms with Crippen LogP contribution in [-0.4, -0.2) is 43.5 Å². The van der Waals surface area contributed by atoms with Gasteiger partial charge in [0.1, 0.15) is 0 Å². The van der Waals surface area contributed by atoms with Crippen LogP contribution in [0.5, 0.6) is 0 Å². The molecule has 0 bridgehead atoms. The van der Waals surface area contributed by atoms with Gasteiger partial charge in [0.25, 0.3) is 0 Å². The minimum Gasteiger partial charge on any atom is -0.369 e. The molecule has 1 amide bonds. The summed E-state index contributed by atoms with van der Waals surface area (Å²) in [5.74, 6) is 0.0969. The highest BCUT2D eigenvalue weighted by molar-refractivity contribution is 5.77. The molecule has 0 radical (unpaired) electrons. The first-order chi connectivity index (χ1) is 15.6. The molecular weight excluding hydrogens is 394 g/mol. The highest BCUT2D eigenvalue weighted by Crippen LogP contribution is 2.24. The van der Waals surface area contributed by atoms with Gasteiger partial charge in [-0.1, -0.05) is 72.8 Å². The molecule has 3 aromatic carbocycles. The number of hydrogen-bond acceptors (Lipinski definition) is 3. The van der Waals surface area contributed by atoms with E-state index in [0.29, 0.717) is 6.42 Å². The molecule has 4 heteroatoms. The van der Waals surface area contributed by atoms with Crippen molar-refractivity contribution in [2.75, 3.05) is 37.6 Å². The fourth-order valence-electron chi connectivity index (χ4n) is 4.43. The third-order valence-electron chi connectivity index (χ3n) is 6.52. The average molecular weight is 428 g/mol. The summed E-state index contributed by atoms with van der Waals surface area (Å²) in [5, 5.41) is 3.26. The Labute approximate surface area is 191 Å². The van der Waals surface area contributed by atoms with Gasteiger partial charge in [0.2, 0.25) is 5.91 Å². The zero-order valence-electron chi connectivity index (χ0n) is 19.1. The maximum atomic E-state index is 12.9. The molecule has 0 aromatic heterocycles. The van der Waals surface area contributed by atoms with Crippen LogP contribution in [-0.2, 0) is 4.79 Å². The Hall–Kier alpha value is -3.11. The number of carbonyl (C=O) groups excluding carboxylic acids is 1. The van der Waals surface area contributed by atoms with Crippen molar-refractivity contribution >= 4 is 11.6 Å². The molecule has 0 unspecified atom stereocenters. The summed E-state index contributed by atoms with van der Waals surface area (Å²) in [4.78, 5) is 17.7. The molecule has 1 fully saturated rings. The zero-order valence-corrected chi connectivity index (χ0v) is 19.1. The molecular formula is C28H33N3O. The molecule has 1 heterocycles. The van der Waals surface area contributed by atoms with E-state index in [2.05, 4.69) is 71.4 Å². The Bertz CT molecular complexity index is 972. The highest BCUT2D eigenvalue weighted by Gasteiger charge is 2.21. The van der Waals surface area contributed by atoms with Crippen molar-refractivity contribution in [1.29, 1.82) is 0 Å². The summed E-state index contributed by atoms with van der Waals surface area (Å²) in [6.07, 6.45) is 0.514. The standard InChI is InChI=1S/C28H33N3O/c1-22-10-9-15-26(23(22)2)31-20-18-30(19-21-31)17-16-27(32)29-28(24-11-5-3-6-12-24)25-13-7-4-8-14-25/h3-15,28H,16-21H2,1-2H3,(H,29,32). The largest absolute Gasteiger partial charge is 0.369 e. The van der Waals surface area contributed by atoms with Crippen molar-refractivity contribution in [3.63, 3.8) is 0 Å². The minimum atomic E-state index is -0.119. The molecule has 166 valence electrons. The van der Waals surface area contributed by atoms with Crippen LogP contribution in [0.25, 0.3) is 0 Å². The maximum absolute atomic E-state index is 12.9. The van der Waals surface area contributed by atoms with E-state index in [-0.39, 0.29) is 11.9 Å². The Morgan fingerprint density at radius 3 is 2.00 bits per heavy atom. The van der Waals surface area contributed by atoms with Gasteiger partial charge in [-0.3, -0.25) is 9.69 Å². The number of nitrogens with one attached hydrogen (secondary N) is 1. The summed E-state index contributed by atoms with van der Waals surface area (Å²) in [5.41, 5.74) is 6.26. The van der Waals surface area contributed by atoms with Gasteiger partial charge in [-0.15, -0.1) is 0 Å². The van der Waals surface area contributed by atoms with Crippen molar-refractivity contribution < 1.29 is 4.79 Å². The Morgan fingerprint density at radius 1 is 0.812 bits per heavy atom. The number of carbonyl (C=O) groups is 1. The van der Waals surface area contributed by atoms with Crippen molar-refractivity contribution in [3.8, 4) is 0 Å². The fraction of sp³-hybridized carbons (Fsp3) is 0.321. The first-order valence-electron chi connectivity index (χ1n) is 11.5. The average Bonchev–Trinajstić information content (AvgIpc) is 2.84. The number of aryl methyl sites for hydroxylation is 1. The van der Waals surface area contributed by atoms with Gasteiger partial charge < -0.3 is 10.2 Å². The number of rotatable bonds is 7. The smallest absolute Gasteiger partial charge is 0.222 e. The molecule has 1 aliphatic heterocycles. The number of amides is 1. The number of piperazine rings is 1. The summed E-state index contributed by atoms with van der Waals surface area (Å²) in [7, 11) is 0. The van der Waals surface area contributed by atoms with E-state index in [9.17, 15) is 4.79 Å². The van der Waals surface area contributed by atoms with E-state index in [4.69, 9.17) is 0 Å². The molecule has 32 heavy (non-hydrogen) atoms. The van der Waals surface area contributed by atoms with Crippen molar-refractivity contribution in [2.24, 2.45) is 0 Å². The van der Waals surface area contributed by atoms with Crippen LogP contribution in [0.2, 0.25) is 0 Å². The monoisotopic (exact) mass is 427 g/mol. The molecule has 4 nitrogen and oxygen atoms in total. The van der Waals surface area contributed by atoms with Crippen molar-refractivity contribution in [2.45, 2.75) is 26.3 Å². The summed E-state index contributed by atoms with van der Waals surface area (Å²) in [6.45, 7) is 9.15. The minimum absolute atomic E-state index is 0.0969. The van der Waals surface area contributed by atoms with Crippen molar-refractivity contribution in [1.82, 2.24) is 10.2 Å². The third-order valence-corrected chi connectivity index (χ3v) is 6.52. The fourth-order valence-corrected chi connectivity index (χ4v) is 4.43. The molecule has 1 saturated heterocycles. The van der Waals surface area contributed by atoms with Crippen LogP contribution in [0.4, 0.5) is 5.69 Å². The van der Waals surface area contributed by atoms with Crippen LogP contribution in [0.3, 0.4) is 0 Å². The van der Waals surface area contributed by atoms with E-state index in [1.165, 1.54) is 16.8 Å². The topological polar surface area (TPSA) is 35.6 Å². The lowest BCUT2D eigenvalue weighted by atomic mass is 9.98. The summed E-state index contributed by atoms with van der Waals surface area (Å²) >= 11 is 0. The normalized spacial score (nSPS) is 14.5. The van der Waals surface area contributed by atoms with Gasteiger partial charge in [0.15, 0.2) is 0 Å². The van der Waals surface area contributed by atoms with Gasteiger partial charge >= 0.3 is 0 Å². The van der Waals surface area contributed by atoms with Gasteiger partial charge in [0, 0.05) is 44.8 Å². The molecule has 0 spiro atoms. The van der Waals surface area contributed by atoms with Gasteiger partial charge in [-0.05, 0) is 42.2 Å². The molecule has 4 rings (SSSR count). The molecule has 0 aliphatic carbocycles. The van der Waals surface area contributed by atoms with E-state index in [0.717, 1.165) is 43.9 Å². The lowest BCUT2D eigenvalue weighted by Gasteiger charge is -2.37. The number of benzene rings is 3. The lowest BCUT2D eigenvalue weighted by molar-refractivity contribution is -0.121. The second-order valence-corrected chi connectivity index (χ2v) is 8.62. The second-order valence-electron chi connectivity index (χ2n) is 8.62. The molecule has 0 saturated carbocycles. The van der Waals surface area contributed by atoms with Gasteiger partial charge in [0.05, 0.1) is 6.04 Å². The van der Waals surface area contributed by atoms with E-state index in [1.807, 2.05) is 36.4 Å². The summed E-state index contributed by atoms with van der Waals surface area (Å²) < 4.78 is 0. The van der Waals surface area contributed by atoms with Crippen LogP contribution < -0.4 is 10.2 Å². The van der Waals surface area contributed by atoms with Crippen LogP contribution in [0.15, 0.2) is 78.9 Å². The van der Waals surface area contributed by atoms with E-state index in [1.54, 1.807) is 0 Å². The molecule has 3 aromatic rings. The Morgan fingerprint density at radius 2 is 1.41 bits per heavy atom. The predicted molar refractivity (Wildman–Crippen MR) is 132 cm³/mol. The zero-order chi connectivity index (χ0) is 22.3. The van der Waals surface area contributed by atoms with Crippen molar-refractivity contribution in [3.05, 3.63) is 101 Å². The number of nitrogens with zero attached hydrogens (tertiary/aromatic N) is 2. The maximum Gasteiger partial charge on any atom is 0.222 e. The highest BCUT2D eigenvalue weighted by atomic mass is 16.1. The van der Waals surface area contributed by atoms with Crippen LogP contribution in [0.1, 0.15) is 34.7 Å². The van der Waals surface area contributed by atoms with E-state index < -0.39 is 0 Å². The molecule has 1 aliphatic rings. The predicted octanol–water partition coefficient (Wildman–Crippen LogP) is 4.72. The second kappa shape index (κ2) is 10.5. The third kappa shape index (κ3) is 5.38. The Balaban J connectivity index is 1.31. The van der Waals surface area contributed by atoms with Gasteiger partial charge in [-0.2, -0.15) is 0 Å². The quantitative estimate of drug-likeness (QED) is 0.593. The lowest BCUT2D eigenvalue weighted by Crippen LogP contribution is -2.47. The SMILES string of the molecule is Cc1cccc(N2CCN(CCC(=O)NC(c3ccccc3)c3ccccc3)CC2)c1C. The number of anilines is 1. The molecule has 0 atom stereocenters. The van der Waals surface area contributed by atoms with E-state index >= 15 is 0 Å². The first-order valence-corrected chi connectivity index (χ1v) is 11.5. The van der Waals surface area contributed by atoms with Crippen LogP contribution >= 0.6 is 0 Å². The first kappa shape index (κ1) is 22.1. The molecule has 1 N–H and O–H groups in total. The summed E-state index contributed by atoms with van der Waals surface area (Å²) in [6, 6.07) is 26.8. The Kier molecular flexibility index (Phi) is 7.23. The number of hydrogen-bond donors (Lipinski definition) is 1. The van der Waals surface area contributed by atoms with Gasteiger partial charge in [-0.25, -0.2) is 0 Å². The van der Waals surface area contributed by atoms with Crippen LogP contribution in [0, 0.1) is 13.8 Å².